The Morgan fingerprint density at radius 1 is 1.45 bits per heavy atom. The Balaban J connectivity index is 1.54. The van der Waals surface area contributed by atoms with Gasteiger partial charge in [-0.05, 0) is 70.1 Å². The van der Waals surface area contributed by atoms with E-state index in [2.05, 4.69) is 45.2 Å². The van der Waals surface area contributed by atoms with Crippen molar-refractivity contribution in [3.05, 3.63) is 23.3 Å². The fraction of sp³-hybridized carbons (Fsp3) is 0.789. The maximum absolute atomic E-state index is 3.94. The lowest BCUT2D eigenvalue weighted by molar-refractivity contribution is 0.263. The summed E-state index contributed by atoms with van der Waals surface area (Å²) >= 11 is 0. The standard InChI is InChI=1S/C19H31N/c1-5-6-13(2)9-16-7-8-17(10-14(16)3)15(4)20-19-11-18(19)12-19/h6,9,14-15,17-18,20H,5,7-8,10-12H2,1-4H3/b13-6-,16-9+. The average Bonchev–Trinajstić information content (AvgIpc) is 3.21. The lowest BCUT2D eigenvalue weighted by Crippen LogP contribution is -2.40. The molecule has 0 aromatic carbocycles. The monoisotopic (exact) mass is 273 g/mol. The molecule has 3 aliphatic rings. The fourth-order valence-electron chi connectivity index (χ4n) is 4.17. The lowest BCUT2D eigenvalue weighted by Gasteiger charge is -2.34. The van der Waals surface area contributed by atoms with Crippen LogP contribution in [0.15, 0.2) is 23.3 Å². The molecule has 3 fully saturated rings. The van der Waals surface area contributed by atoms with Gasteiger partial charge in [-0.15, -0.1) is 0 Å². The summed E-state index contributed by atoms with van der Waals surface area (Å²) in [6.07, 6.45) is 12.9. The number of rotatable bonds is 5. The fourth-order valence-corrected chi connectivity index (χ4v) is 4.17. The molecule has 1 heteroatoms. The van der Waals surface area contributed by atoms with Crippen LogP contribution in [0.1, 0.15) is 66.2 Å². The summed E-state index contributed by atoms with van der Waals surface area (Å²) in [6, 6.07) is 0.721. The van der Waals surface area contributed by atoms with Gasteiger partial charge in [0.25, 0.3) is 0 Å². The van der Waals surface area contributed by atoms with Crippen molar-refractivity contribution >= 4 is 0 Å². The topological polar surface area (TPSA) is 12.0 Å². The molecule has 20 heavy (non-hydrogen) atoms. The van der Waals surface area contributed by atoms with E-state index in [4.69, 9.17) is 0 Å². The molecule has 0 radical (unpaired) electrons. The Morgan fingerprint density at radius 3 is 2.70 bits per heavy atom. The van der Waals surface area contributed by atoms with Crippen molar-refractivity contribution in [3.8, 4) is 0 Å². The summed E-state index contributed by atoms with van der Waals surface area (Å²) in [6.45, 7) is 9.33. The number of hydrogen-bond acceptors (Lipinski definition) is 1. The van der Waals surface area contributed by atoms with E-state index in [1.54, 1.807) is 5.57 Å². The normalized spacial score (nSPS) is 43.3. The molecule has 0 aromatic heterocycles. The van der Waals surface area contributed by atoms with Crippen LogP contribution in [0.5, 0.6) is 0 Å². The Morgan fingerprint density at radius 2 is 2.15 bits per heavy atom. The zero-order valence-corrected chi connectivity index (χ0v) is 13.7. The van der Waals surface area contributed by atoms with Gasteiger partial charge >= 0.3 is 0 Å². The predicted molar refractivity (Wildman–Crippen MR) is 86.7 cm³/mol. The van der Waals surface area contributed by atoms with E-state index in [9.17, 15) is 0 Å². The molecule has 0 bridgehead atoms. The summed E-state index contributed by atoms with van der Waals surface area (Å²) in [5.41, 5.74) is 3.78. The summed E-state index contributed by atoms with van der Waals surface area (Å²) < 4.78 is 0. The molecular weight excluding hydrogens is 242 g/mol. The molecule has 0 aliphatic heterocycles. The molecule has 3 unspecified atom stereocenters. The number of allylic oxidation sites excluding steroid dienone is 4. The molecule has 0 aromatic rings. The van der Waals surface area contributed by atoms with E-state index in [1.165, 1.54) is 37.7 Å². The zero-order chi connectivity index (χ0) is 14.3. The molecule has 3 saturated carbocycles. The van der Waals surface area contributed by atoms with Crippen LogP contribution in [0.4, 0.5) is 0 Å². The first-order valence-corrected chi connectivity index (χ1v) is 8.69. The van der Waals surface area contributed by atoms with E-state index in [-0.39, 0.29) is 0 Å². The highest BCUT2D eigenvalue weighted by atomic mass is 15.1. The van der Waals surface area contributed by atoms with Gasteiger partial charge < -0.3 is 5.32 Å². The number of hydrogen-bond donors (Lipinski definition) is 1. The second kappa shape index (κ2) is 5.33. The first-order chi connectivity index (χ1) is 9.54. The Bertz CT molecular complexity index is 425. The van der Waals surface area contributed by atoms with Crippen LogP contribution in [0.2, 0.25) is 0 Å². The van der Waals surface area contributed by atoms with Crippen LogP contribution in [0, 0.1) is 17.8 Å². The maximum atomic E-state index is 3.94. The summed E-state index contributed by atoms with van der Waals surface area (Å²) in [5, 5.41) is 3.94. The first kappa shape index (κ1) is 14.4. The van der Waals surface area contributed by atoms with Gasteiger partial charge in [-0.2, -0.15) is 0 Å². The van der Waals surface area contributed by atoms with Crippen molar-refractivity contribution in [2.24, 2.45) is 17.8 Å². The van der Waals surface area contributed by atoms with Gasteiger partial charge in [0, 0.05) is 11.6 Å². The largest absolute Gasteiger partial charge is 0.308 e. The predicted octanol–water partition coefficient (Wildman–Crippen LogP) is 4.85. The van der Waals surface area contributed by atoms with Gasteiger partial charge in [-0.3, -0.25) is 0 Å². The van der Waals surface area contributed by atoms with E-state index in [0.29, 0.717) is 5.54 Å². The third kappa shape index (κ3) is 2.88. The Kier molecular flexibility index (Phi) is 3.83. The minimum absolute atomic E-state index is 0.638. The van der Waals surface area contributed by atoms with E-state index < -0.39 is 0 Å². The van der Waals surface area contributed by atoms with Crippen LogP contribution in [0.3, 0.4) is 0 Å². The highest BCUT2D eigenvalue weighted by Gasteiger charge is 2.69. The second-order valence-corrected chi connectivity index (χ2v) is 7.71. The first-order valence-electron chi connectivity index (χ1n) is 8.69. The van der Waals surface area contributed by atoms with Crippen molar-refractivity contribution in [1.29, 1.82) is 0 Å². The average molecular weight is 273 g/mol. The molecule has 0 spiro atoms. The molecule has 3 atom stereocenters. The molecule has 3 rings (SSSR count). The van der Waals surface area contributed by atoms with E-state index in [0.717, 1.165) is 30.2 Å². The van der Waals surface area contributed by atoms with Gasteiger partial charge in [0.05, 0.1) is 0 Å². The van der Waals surface area contributed by atoms with E-state index >= 15 is 0 Å². The molecule has 0 amide bonds. The van der Waals surface area contributed by atoms with Crippen molar-refractivity contribution < 1.29 is 0 Å². The number of nitrogens with one attached hydrogen (secondary N) is 1. The van der Waals surface area contributed by atoms with Crippen molar-refractivity contribution in [1.82, 2.24) is 5.32 Å². The van der Waals surface area contributed by atoms with Gasteiger partial charge in [-0.1, -0.05) is 37.1 Å². The molecule has 0 heterocycles. The third-order valence-corrected chi connectivity index (χ3v) is 5.94. The minimum atomic E-state index is 0.638. The van der Waals surface area contributed by atoms with Crippen molar-refractivity contribution in [2.45, 2.75) is 77.8 Å². The molecule has 3 aliphatic carbocycles. The molecule has 1 nitrogen and oxygen atoms in total. The van der Waals surface area contributed by atoms with Crippen LogP contribution < -0.4 is 5.32 Å². The second-order valence-electron chi connectivity index (χ2n) is 7.71. The van der Waals surface area contributed by atoms with Crippen LogP contribution in [-0.2, 0) is 0 Å². The van der Waals surface area contributed by atoms with Gasteiger partial charge in [0.1, 0.15) is 0 Å². The van der Waals surface area contributed by atoms with E-state index in [1.807, 2.05) is 0 Å². The van der Waals surface area contributed by atoms with Crippen molar-refractivity contribution in [3.63, 3.8) is 0 Å². The summed E-state index contributed by atoms with van der Waals surface area (Å²) in [4.78, 5) is 0. The highest BCUT2D eigenvalue weighted by Crippen LogP contribution is 2.67. The summed E-state index contributed by atoms with van der Waals surface area (Å²) in [7, 11) is 0. The maximum Gasteiger partial charge on any atom is 0.0220 e. The number of fused-ring (bicyclic) bond motifs is 1. The van der Waals surface area contributed by atoms with Gasteiger partial charge in [0.2, 0.25) is 0 Å². The van der Waals surface area contributed by atoms with Crippen LogP contribution in [-0.4, -0.2) is 11.6 Å². The molecule has 112 valence electrons. The zero-order valence-electron chi connectivity index (χ0n) is 13.7. The SMILES string of the molecule is CC/C=C(C)\C=C1/CCC(C(C)NC23CC2C3)CC1C. The van der Waals surface area contributed by atoms with Crippen LogP contribution >= 0.6 is 0 Å². The molecule has 1 N–H and O–H groups in total. The highest BCUT2D eigenvalue weighted by molar-refractivity contribution is 5.28. The minimum Gasteiger partial charge on any atom is -0.308 e. The van der Waals surface area contributed by atoms with Crippen LogP contribution in [0.25, 0.3) is 0 Å². The summed E-state index contributed by atoms with van der Waals surface area (Å²) in [5.74, 6) is 2.71. The van der Waals surface area contributed by atoms with Gasteiger partial charge in [-0.25, -0.2) is 0 Å². The van der Waals surface area contributed by atoms with Gasteiger partial charge in [0.15, 0.2) is 0 Å². The smallest absolute Gasteiger partial charge is 0.0220 e. The quantitative estimate of drug-likeness (QED) is 0.755. The Hall–Kier alpha value is -0.560. The lowest BCUT2D eigenvalue weighted by atomic mass is 9.75. The van der Waals surface area contributed by atoms with Crippen molar-refractivity contribution in [2.75, 3.05) is 0 Å². The third-order valence-electron chi connectivity index (χ3n) is 5.94. The molecular formula is C19H31N. The Labute approximate surface area is 124 Å². The molecule has 0 saturated heterocycles.